The summed E-state index contributed by atoms with van der Waals surface area (Å²) in [7, 11) is 0. The van der Waals surface area contributed by atoms with E-state index in [0.29, 0.717) is 23.7 Å². The molecule has 1 fully saturated rings. The summed E-state index contributed by atoms with van der Waals surface area (Å²) in [6, 6.07) is 12.8. The molecular formula is C17H15N3OS. The highest BCUT2D eigenvalue weighted by Crippen LogP contribution is 2.56. The molecule has 0 amide bonds. The highest BCUT2D eigenvalue weighted by Gasteiger charge is 2.51. The number of fused-ring (bicyclic) bond motifs is 2. The van der Waals surface area contributed by atoms with Crippen LogP contribution in [-0.2, 0) is 12.0 Å². The lowest BCUT2D eigenvalue weighted by Crippen LogP contribution is -2.23. The van der Waals surface area contributed by atoms with Gasteiger partial charge in [-0.25, -0.2) is 0 Å². The molecule has 0 unspecified atom stereocenters. The number of hydrogen-bond acceptors (Lipinski definition) is 5. The summed E-state index contributed by atoms with van der Waals surface area (Å²) < 4.78 is 5.46. The van der Waals surface area contributed by atoms with E-state index in [1.54, 1.807) is 11.3 Å². The third kappa shape index (κ3) is 1.82. The van der Waals surface area contributed by atoms with Gasteiger partial charge in [0.05, 0.1) is 11.4 Å². The number of nitrogens with zero attached hydrogens (tertiary/aromatic N) is 3. The molecule has 5 rings (SSSR count). The zero-order valence-corrected chi connectivity index (χ0v) is 12.8. The number of benzene rings is 1. The lowest BCUT2D eigenvalue weighted by molar-refractivity contribution is 0.376. The molecule has 4 nitrogen and oxygen atoms in total. The number of para-hydroxylation sites is 1. The monoisotopic (exact) mass is 309 g/mol. The van der Waals surface area contributed by atoms with Crippen molar-refractivity contribution in [3.63, 3.8) is 0 Å². The molecule has 0 saturated heterocycles. The van der Waals surface area contributed by atoms with Crippen LogP contribution >= 0.6 is 11.3 Å². The average molecular weight is 309 g/mol. The van der Waals surface area contributed by atoms with Crippen LogP contribution in [-0.4, -0.2) is 16.7 Å². The molecule has 0 bridgehead atoms. The van der Waals surface area contributed by atoms with Gasteiger partial charge in [0.15, 0.2) is 0 Å². The maximum atomic E-state index is 5.46. The van der Waals surface area contributed by atoms with E-state index < -0.39 is 0 Å². The molecule has 1 aliphatic carbocycles. The topological polar surface area (TPSA) is 42.2 Å². The molecular weight excluding hydrogens is 294 g/mol. The molecule has 3 aromatic rings. The Labute approximate surface area is 132 Å². The first-order valence-corrected chi connectivity index (χ1v) is 8.43. The Balaban J connectivity index is 1.43. The fraction of sp³-hybridized carbons (Fsp3) is 0.294. The van der Waals surface area contributed by atoms with Gasteiger partial charge in [-0.1, -0.05) is 29.4 Å². The van der Waals surface area contributed by atoms with Crippen LogP contribution in [0.1, 0.15) is 24.3 Å². The van der Waals surface area contributed by atoms with Gasteiger partial charge in [-0.2, -0.15) is 4.98 Å². The van der Waals surface area contributed by atoms with Gasteiger partial charge in [-0.05, 0) is 35.9 Å². The molecule has 110 valence electrons. The van der Waals surface area contributed by atoms with Crippen LogP contribution in [0.3, 0.4) is 0 Å². The van der Waals surface area contributed by atoms with Crippen LogP contribution < -0.4 is 4.90 Å². The number of thiophene rings is 1. The fourth-order valence-electron chi connectivity index (χ4n) is 3.44. The Morgan fingerprint density at radius 3 is 2.91 bits per heavy atom. The summed E-state index contributed by atoms with van der Waals surface area (Å²) in [5, 5.41) is 6.13. The molecule has 2 aromatic heterocycles. The standard InChI is InChI=1S/C17H15N3OS/c1-2-5-13-12(4-1)17(7-8-17)11-20(13)10-15-18-16(19-21-15)14-6-3-9-22-14/h1-6,9H,7-8,10-11H2. The van der Waals surface area contributed by atoms with E-state index in [1.807, 2.05) is 17.5 Å². The first-order valence-electron chi connectivity index (χ1n) is 7.55. The van der Waals surface area contributed by atoms with Crippen molar-refractivity contribution < 1.29 is 4.52 Å². The summed E-state index contributed by atoms with van der Waals surface area (Å²) >= 11 is 1.63. The Morgan fingerprint density at radius 1 is 1.18 bits per heavy atom. The van der Waals surface area contributed by atoms with E-state index in [2.05, 4.69) is 39.3 Å². The van der Waals surface area contributed by atoms with E-state index in [-0.39, 0.29) is 0 Å². The van der Waals surface area contributed by atoms with Crippen molar-refractivity contribution in [1.82, 2.24) is 10.1 Å². The van der Waals surface area contributed by atoms with E-state index in [9.17, 15) is 0 Å². The number of aromatic nitrogens is 2. The van der Waals surface area contributed by atoms with E-state index in [4.69, 9.17) is 4.52 Å². The summed E-state index contributed by atoms with van der Waals surface area (Å²) in [6.07, 6.45) is 2.59. The van der Waals surface area contributed by atoms with Crippen LogP contribution in [0, 0.1) is 0 Å². The lowest BCUT2D eigenvalue weighted by atomic mass is 9.99. The fourth-order valence-corrected chi connectivity index (χ4v) is 4.09. The minimum Gasteiger partial charge on any atom is -0.361 e. The van der Waals surface area contributed by atoms with Gasteiger partial charge in [0.25, 0.3) is 0 Å². The molecule has 0 N–H and O–H groups in total. The largest absolute Gasteiger partial charge is 0.361 e. The van der Waals surface area contributed by atoms with Crippen LogP contribution in [0.15, 0.2) is 46.3 Å². The molecule has 1 spiro atoms. The van der Waals surface area contributed by atoms with Crippen molar-refractivity contribution in [3.05, 3.63) is 53.2 Å². The lowest BCUT2D eigenvalue weighted by Gasteiger charge is -2.17. The molecule has 1 aliphatic heterocycles. The maximum absolute atomic E-state index is 5.46. The van der Waals surface area contributed by atoms with Crippen molar-refractivity contribution in [1.29, 1.82) is 0 Å². The Kier molecular flexibility index (Phi) is 2.50. The molecule has 2 aliphatic rings. The minimum absolute atomic E-state index is 0.396. The third-order valence-electron chi connectivity index (χ3n) is 4.70. The van der Waals surface area contributed by atoms with Crippen LogP contribution in [0.5, 0.6) is 0 Å². The highest BCUT2D eigenvalue weighted by atomic mass is 32.1. The molecule has 0 atom stereocenters. The zero-order chi connectivity index (χ0) is 14.6. The molecule has 1 saturated carbocycles. The smallest absolute Gasteiger partial charge is 0.246 e. The van der Waals surface area contributed by atoms with E-state index in [0.717, 1.165) is 11.4 Å². The van der Waals surface area contributed by atoms with Crippen molar-refractivity contribution in [2.24, 2.45) is 0 Å². The van der Waals surface area contributed by atoms with E-state index in [1.165, 1.54) is 24.1 Å². The Morgan fingerprint density at radius 2 is 2.09 bits per heavy atom. The van der Waals surface area contributed by atoms with Gasteiger partial charge in [0.1, 0.15) is 0 Å². The number of rotatable bonds is 3. The second-order valence-corrected chi connectivity index (χ2v) is 7.09. The van der Waals surface area contributed by atoms with Gasteiger partial charge in [-0.3, -0.25) is 0 Å². The Bertz CT molecular complexity index is 820. The van der Waals surface area contributed by atoms with Gasteiger partial charge < -0.3 is 9.42 Å². The molecule has 22 heavy (non-hydrogen) atoms. The second kappa shape index (κ2) is 4.43. The van der Waals surface area contributed by atoms with Crippen molar-refractivity contribution in [3.8, 4) is 10.7 Å². The highest BCUT2D eigenvalue weighted by molar-refractivity contribution is 7.13. The second-order valence-electron chi connectivity index (χ2n) is 6.14. The average Bonchev–Trinajstić information content (AvgIpc) is 2.95. The molecule has 3 heterocycles. The third-order valence-corrected chi connectivity index (χ3v) is 5.56. The Hall–Kier alpha value is -2.14. The summed E-state index contributed by atoms with van der Waals surface area (Å²) in [4.78, 5) is 7.98. The van der Waals surface area contributed by atoms with Crippen molar-refractivity contribution in [2.75, 3.05) is 11.4 Å². The van der Waals surface area contributed by atoms with Crippen LogP contribution in [0.4, 0.5) is 5.69 Å². The van der Waals surface area contributed by atoms with Gasteiger partial charge >= 0.3 is 0 Å². The van der Waals surface area contributed by atoms with Crippen LogP contribution in [0.25, 0.3) is 10.7 Å². The predicted molar refractivity (Wildman–Crippen MR) is 86.0 cm³/mol. The SMILES string of the molecule is c1csc(-c2noc(CN3CC4(CC4)c4ccccc43)n2)c1. The van der Waals surface area contributed by atoms with Gasteiger partial charge in [0, 0.05) is 17.6 Å². The normalized spacial score (nSPS) is 17.9. The summed E-state index contributed by atoms with van der Waals surface area (Å²) in [6.45, 7) is 1.76. The quantitative estimate of drug-likeness (QED) is 0.737. The van der Waals surface area contributed by atoms with Crippen molar-refractivity contribution >= 4 is 17.0 Å². The zero-order valence-electron chi connectivity index (χ0n) is 12.0. The maximum Gasteiger partial charge on any atom is 0.246 e. The van der Waals surface area contributed by atoms with Gasteiger partial charge in [0.2, 0.25) is 11.7 Å². The molecule has 1 aromatic carbocycles. The number of anilines is 1. The van der Waals surface area contributed by atoms with Crippen LogP contribution in [0.2, 0.25) is 0 Å². The van der Waals surface area contributed by atoms with Crippen molar-refractivity contribution in [2.45, 2.75) is 24.8 Å². The molecule has 0 radical (unpaired) electrons. The summed E-state index contributed by atoms with van der Waals surface area (Å²) in [5.41, 5.74) is 3.22. The summed E-state index contributed by atoms with van der Waals surface area (Å²) in [5.74, 6) is 1.38. The van der Waals surface area contributed by atoms with Gasteiger partial charge in [-0.15, -0.1) is 11.3 Å². The van der Waals surface area contributed by atoms with E-state index >= 15 is 0 Å². The first-order chi connectivity index (χ1) is 10.8. The minimum atomic E-state index is 0.396. The molecule has 5 heteroatoms. The predicted octanol–water partition coefficient (Wildman–Crippen LogP) is 3.85. The first kappa shape index (κ1) is 12.4. The number of hydrogen-bond donors (Lipinski definition) is 0.